The van der Waals surface area contributed by atoms with E-state index in [1.54, 1.807) is 0 Å². The van der Waals surface area contributed by atoms with Crippen LogP contribution in [-0.2, 0) is 6.61 Å². The van der Waals surface area contributed by atoms with Crippen molar-refractivity contribution >= 4 is 21.7 Å². The zero-order chi connectivity index (χ0) is 19.6. The van der Waals surface area contributed by atoms with Gasteiger partial charge in [0.2, 0.25) is 0 Å². The van der Waals surface area contributed by atoms with E-state index < -0.39 is 0 Å². The summed E-state index contributed by atoms with van der Waals surface area (Å²) in [6, 6.07) is 13.7. The normalized spacial score (nSPS) is 10.9. The summed E-state index contributed by atoms with van der Waals surface area (Å²) in [5.74, 6) is 1.85. The molecule has 0 saturated heterocycles. The van der Waals surface area contributed by atoms with Gasteiger partial charge in [-0.3, -0.25) is 4.79 Å². The first-order valence-corrected chi connectivity index (χ1v) is 10.7. The summed E-state index contributed by atoms with van der Waals surface area (Å²) < 4.78 is 12.1. The van der Waals surface area contributed by atoms with Gasteiger partial charge in [-0.15, -0.1) is 0 Å². The van der Waals surface area contributed by atoms with Crippen molar-refractivity contribution < 1.29 is 14.3 Å². The molecule has 0 aliphatic carbocycles. The van der Waals surface area contributed by atoms with E-state index in [-0.39, 0.29) is 5.78 Å². The number of ketones is 1. The number of unbranched alkanes of at least 4 members (excludes halogenated alkanes) is 1. The van der Waals surface area contributed by atoms with Crippen LogP contribution in [0.15, 0.2) is 42.5 Å². The Labute approximate surface area is 171 Å². The molecule has 0 N–H and O–H groups in total. The van der Waals surface area contributed by atoms with Gasteiger partial charge in [0.1, 0.15) is 18.1 Å². The van der Waals surface area contributed by atoms with Crippen molar-refractivity contribution in [2.45, 2.75) is 46.6 Å². The lowest BCUT2D eigenvalue weighted by atomic mass is 9.98. The van der Waals surface area contributed by atoms with E-state index in [1.165, 1.54) is 0 Å². The van der Waals surface area contributed by atoms with Crippen LogP contribution in [0, 0.1) is 12.8 Å². The highest BCUT2D eigenvalue weighted by Gasteiger charge is 2.19. The summed E-state index contributed by atoms with van der Waals surface area (Å²) in [5, 5.41) is 0.976. The molecule has 0 radical (unpaired) electrons. The van der Waals surface area contributed by atoms with Crippen LogP contribution in [-0.4, -0.2) is 17.7 Å². The minimum absolute atomic E-state index is 0.113. The van der Waals surface area contributed by atoms with Gasteiger partial charge in [0, 0.05) is 17.3 Å². The highest BCUT2D eigenvalue weighted by molar-refractivity contribution is 9.09. The van der Waals surface area contributed by atoms with Crippen LogP contribution in [0.4, 0.5) is 0 Å². The average Bonchev–Trinajstić information content (AvgIpc) is 2.65. The molecule has 2 aromatic rings. The minimum atomic E-state index is 0.113. The fourth-order valence-electron chi connectivity index (χ4n) is 2.82. The van der Waals surface area contributed by atoms with Gasteiger partial charge in [0.25, 0.3) is 0 Å². The molecule has 0 unspecified atom stereocenters. The third-order valence-corrected chi connectivity index (χ3v) is 4.82. The number of hydrogen-bond acceptors (Lipinski definition) is 3. The smallest absolute Gasteiger partial charge is 0.166 e. The molecule has 146 valence electrons. The van der Waals surface area contributed by atoms with Gasteiger partial charge < -0.3 is 9.47 Å². The fourth-order valence-corrected chi connectivity index (χ4v) is 3.22. The molecule has 2 aromatic carbocycles. The third kappa shape index (κ3) is 6.69. The molecular formula is C23H29BrO3. The molecule has 0 bridgehead atoms. The van der Waals surface area contributed by atoms with Gasteiger partial charge in [0.05, 0.1) is 12.2 Å². The first-order valence-electron chi connectivity index (χ1n) is 9.55. The van der Waals surface area contributed by atoms with E-state index in [0.717, 1.165) is 35.0 Å². The Balaban J connectivity index is 2.24. The lowest BCUT2D eigenvalue weighted by Crippen LogP contribution is -2.09. The van der Waals surface area contributed by atoms with Crippen LogP contribution in [0.25, 0.3) is 0 Å². The Hall–Kier alpha value is -1.81. The second-order valence-corrected chi connectivity index (χ2v) is 7.90. The molecule has 0 amide bonds. The van der Waals surface area contributed by atoms with E-state index in [2.05, 4.69) is 29.8 Å². The van der Waals surface area contributed by atoms with E-state index in [0.29, 0.717) is 36.9 Å². The van der Waals surface area contributed by atoms with Gasteiger partial charge >= 0.3 is 0 Å². The van der Waals surface area contributed by atoms with E-state index in [4.69, 9.17) is 9.47 Å². The van der Waals surface area contributed by atoms with Crippen molar-refractivity contribution in [1.29, 1.82) is 0 Å². The number of benzene rings is 2. The largest absolute Gasteiger partial charge is 0.493 e. The molecule has 0 aliphatic rings. The second-order valence-electron chi connectivity index (χ2n) is 7.11. The average molecular weight is 433 g/mol. The van der Waals surface area contributed by atoms with E-state index >= 15 is 0 Å². The SMILES string of the molecule is Cc1c(OCCCCBr)ccc(C(=O)CC(C)C)c1OCc1ccccc1. The highest BCUT2D eigenvalue weighted by Crippen LogP contribution is 2.33. The molecule has 3 nitrogen and oxygen atoms in total. The zero-order valence-electron chi connectivity index (χ0n) is 16.5. The fraction of sp³-hybridized carbons (Fsp3) is 0.435. The number of alkyl halides is 1. The highest BCUT2D eigenvalue weighted by atomic mass is 79.9. The molecular weight excluding hydrogens is 404 g/mol. The van der Waals surface area contributed by atoms with Gasteiger partial charge in [-0.05, 0) is 43.4 Å². The number of hydrogen-bond donors (Lipinski definition) is 0. The number of rotatable bonds is 11. The molecule has 0 spiro atoms. The quantitative estimate of drug-likeness (QED) is 0.235. The first kappa shape index (κ1) is 21.5. The minimum Gasteiger partial charge on any atom is -0.493 e. The summed E-state index contributed by atoms with van der Waals surface area (Å²) in [5.41, 5.74) is 2.60. The topological polar surface area (TPSA) is 35.5 Å². The van der Waals surface area contributed by atoms with Gasteiger partial charge in [-0.2, -0.15) is 0 Å². The van der Waals surface area contributed by atoms with Crippen LogP contribution in [0.3, 0.4) is 0 Å². The zero-order valence-corrected chi connectivity index (χ0v) is 18.1. The number of halogens is 1. The summed E-state index contributed by atoms with van der Waals surface area (Å²) in [7, 11) is 0. The maximum Gasteiger partial charge on any atom is 0.166 e. The van der Waals surface area contributed by atoms with Gasteiger partial charge in [-0.1, -0.05) is 60.1 Å². The molecule has 0 atom stereocenters. The number of ether oxygens (including phenoxy) is 2. The number of Topliss-reactive ketones (excluding diaryl/α,β-unsaturated/α-hetero) is 1. The molecule has 0 aliphatic heterocycles. The monoisotopic (exact) mass is 432 g/mol. The molecule has 27 heavy (non-hydrogen) atoms. The summed E-state index contributed by atoms with van der Waals surface area (Å²) in [6.45, 7) is 7.15. The van der Waals surface area contributed by atoms with E-state index in [1.807, 2.05) is 49.4 Å². The standard InChI is InChI=1S/C23H29BrO3/c1-17(2)15-21(25)20-11-12-22(26-14-8-7-13-24)18(3)23(20)27-16-19-9-5-4-6-10-19/h4-6,9-12,17H,7-8,13-16H2,1-3H3. The maximum atomic E-state index is 12.7. The second kappa shape index (κ2) is 11.1. The van der Waals surface area contributed by atoms with Crippen molar-refractivity contribution in [1.82, 2.24) is 0 Å². The summed E-state index contributed by atoms with van der Waals surface area (Å²) in [6.07, 6.45) is 2.56. The molecule has 2 rings (SSSR count). The van der Waals surface area contributed by atoms with Crippen molar-refractivity contribution in [3.63, 3.8) is 0 Å². The van der Waals surface area contributed by atoms with Crippen molar-refractivity contribution in [3.05, 3.63) is 59.2 Å². The van der Waals surface area contributed by atoms with E-state index in [9.17, 15) is 4.79 Å². The lowest BCUT2D eigenvalue weighted by molar-refractivity contribution is 0.0963. The van der Waals surface area contributed by atoms with Crippen molar-refractivity contribution in [2.75, 3.05) is 11.9 Å². The molecule has 4 heteroatoms. The molecule has 0 aromatic heterocycles. The Bertz CT molecular complexity index is 726. The number of carbonyl (C=O) groups is 1. The Morgan fingerprint density at radius 1 is 1.04 bits per heavy atom. The predicted molar refractivity (Wildman–Crippen MR) is 114 cm³/mol. The van der Waals surface area contributed by atoms with Crippen molar-refractivity contribution in [3.8, 4) is 11.5 Å². The maximum absolute atomic E-state index is 12.7. The molecule has 0 fully saturated rings. The first-order chi connectivity index (χ1) is 13.0. The summed E-state index contributed by atoms with van der Waals surface area (Å²) in [4.78, 5) is 12.7. The third-order valence-electron chi connectivity index (χ3n) is 4.26. The molecule has 0 heterocycles. The Morgan fingerprint density at radius 2 is 1.78 bits per heavy atom. The predicted octanol–water partition coefficient (Wildman–Crippen LogP) is 6.36. The Morgan fingerprint density at radius 3 is 2.44 bits per heavy atom. The Kier molecular flexibility index (Phi) is 8.86. The van der Waals surface area contributed by atoms with Crippen LogP contribution < -0.4 is 9.47 Å². The lowest BCUT2D eigenvalue weighted by Gasteiger charge is -2.18. The van der Waals surface area contributed by atoms with Crippen LogP contribution in [0.2, 0.25) is 0 Å². The van der Waals surface area contributed by atoms with Crippen molar-refractivity contribution in [2.24, 2.45) is 5.92 Å². The molecule has 0 saturated carbocycles. The van der Waals surface area contributed by atoms with Gasteiger partial charge in [-0.25, -0.2) is 0 Å². The van der Waals surface area contributed by atoms with Crippen LogP contribution in [0.1, 0.15) is 54.6 Å². The van der Waals surface area contributed by atoms with Crippen LogP contribution >= 0.6 is 15.9 Å². The van der Waals surface area contributed by atoms with Crippen LogP contribution in [0.5, 0.6) is 11.5 Å². The number of carbonyl (C=O) groups excluding carboxylic acids is 1. The van der Waals surface area contributed by atoms with Gasteiger partial charge in [0.15, 0.2) is 5.78 Å². The summed E-state index contributed by atoms with van der Waals surface area (Å²) >= 11 is 3.44.